The second kappa shape index (κ2) is 12.3. The molecule has 178 valence electrons. The van der Waals surface area contributed by atoms with Gasteiger partial charge in [-0.1, -0.05) is 31.4 Å². The summed E-state index contributed by atoms with van der Waals surface area (Å²) in [4.78, 5) is 18.2. The maximum Gasteiger partial charge on any atom is 0.373 e. The first-order valence-corrected chi connectivity index (χ1v) is 12.3. The molecule has 3 rings (SSSR count). The molecule has 1 saturated heterocycles. The Hall–Kier alpha value is -3.25. The molecule has 0 spiro atoms. The molecule has 0 aliphatic carbocycles. The Morgan fingerprint density at radius 2 is 1.94 bits per heavy atom. The lowest BCUT2D eigenvalue weighted by molar-refractivity contribution is 0.200. The van der Waals surface area contributed by atoms with Crippen LogP contribution in [0.4, 0.5) is 10.5 Å². The van der Waals surface area contributed by atoms with Gasteiger partial charge in [-0.3, -0.25) is 0 Å². The van der Waals surface area contributed by atoms with Crippen LogP contribution in [-0.4, -0.2) is 35.4 Å². The minimum absolute atomic E-state index is 0.402. The molecule has 0 atom stereocenters. The summed E-state index contributed by atoms with van der Waals surface area (Å²) < 4.78 is 4.71. The quantitative estimate of drug-likeness (QED) is 0.246. The number of likely N-dealkylation sites (tertiary alicyclic amines) is 1. The monoisotopic (exact) mass is 475 g/mol. The number of anilines is 1. The molecule has 34 heavy (non-hydrogen) atoms. The number of nitrogens with zero attached hydrogens (tertiary/aromatic N) is 2. The predicted molar refractivity (Wildman–Crippen MR) is 144 cm³/mol. The van der Waals surface area contributed by atoms with Gasteiger partial charge < -0.3 is 15.0 Å². The third-order valence-electron chi connectivity index (χ3n) is 5.71. The van der Waals surface area contributed by atoms with Gasteiger partial charge in [-0.15, -0.1) is 0 Å². The molecular weight excluding hydrogens is 442 g/mol. The van der Waals surface area contributed by atoms with Crippen molar-refractivity contribution in [3.63, 3.8) is 0 Å². The first kappa shape index (κ1) is 25.4. The van der Waals surface area contributed by atoms with E-state index in [1.165, 1.54) is 31.9 Å². The van der Waals surface area contributed by atoms with E-state index in [9.17, 15) is 4.79 Å². The Kier molecular flexibility index (Phi) is 9.16. The normalized spacial score (nSPS) is 14.2. The van der Waals surface area contributed by atoms with Crippen molar-refractivity contribution in [2.24, 2.45) is 0 Å². The van der Waals surface area contributed by atoms with Crippen LogP contribution >= 0.6 is 11.8 Å². The van der Waals surface area contributed by atoms with Gasteiger partial charge in [0, 0.05) is 53.7 Å². The zero-order chi connectivity index (χ0) is 24.5. The van der Waals surface area contributed by atoms with Crippen molar-refractivity contribution in [1.29, 1.82) is 0 Å². The van der Waals surface area contributed by atoms with Crippen LogP contribution in [0.1, 0.15) is 42.9 Å². The fourth-order valence-electron chi connectivity index (χ4n) is 3.88. The Labute approximate surface area is 207 Å². The van der Waals surface area contributed by atoms with Gasteiger partial charge in [-0.25, -0.2) is 9.78 Å². The molecule has 0 bridgehead atoms. The van der Waals surface area contributed by atoms with Crippen LogP contribution in [0.3, 0.4) is 0 Å². The molecule has 1 aromatic heterocycles. The number of piperidine rings is 1. The van der Waals surface area contributed by atoms with Crippen molar-refractivity contribution in [2.45, 2.75) is 38.1 Å². The summed E-state index contributed by atoms with van der Waals surface area (Å²) in [6.07, 6.45) is 11.8. The number of carbonyl (C=O) groups is 1. The predicted octanol–water partition coefficient (Wildman–Crippen LogP) is 7.29. The summed E-state index contributed by atoms with van der Waals surface area (Å²) in [7, 11) is 1.35. The number of carbonyl (C=O) groups excluding carboxylic acids is 1. The van der Waals surface area contributed by atoms with E-state index in [1.54, 1.807) is 6.20 Å². The van der Waals surface area contributed by atoms with Crippen LogP contribution < -0.4 is 5.32 Å². The van der Waals surface area contributed by atoms with E-state index in [0.29, 0.717) is 5.03 Å². The van der Waals surface area contributed by atoms with Crippen LogP contribution in [0.5, 0.6) is 0 Å². The standard InChI is InChI=1S/C28H33N3O2S/c1-6-10-24(17-21(3)31-15-8-7-9-16-31)26-19-25(12-11-20(26)2)30-22(4)23-13-14-29-27(18-23)34-28(32)33-5/h6,10-14,17-19,30H,3-4,7-9,15-16H2,1-2,5H3/b10-6+,24-17+. The number of nitrogens with one attached hydrogen (secondary N) is 1. The van der Waals surface area contributed by atoms with Gasteiger partial charge in [-0.05, 0) is 80.2 Å². The van der Waals surface area contributed by atoms with Crippen molar-refractivity contribution < 1.29 is 9.53 Å². The molecule has 0 unspecified atom stereocenters. The molecule has 1 fully saturated rings. The van der Waals surface area contributed by atoms with E-state index in [-0.39, 0.29) is 0 Å². The second-order valence-corrected chi connectivity index (χ2v) is 9.17. The lowest BCUT2D eigenvalue weighted by Crippen LogP contribution is -2.27. The molecule has 0 radical (unpaired) electrons. The topological polar surface area (TPSA) is 54.5 Å². The summed E-state index contributed by atoms with van der Waals surface area (Å²) in [6, 6.07) is 9.97. The average Bonchev–Trinajstić information content (AvgIpc) is 2.85. The van der Waals surface area contributed by atoms with Crippen molar-refractivity contribution in [3.8, 4) is 0 Å². The minimum Gasteiger partial charge on any atom is -0.461 e. The van der Waals surface area contributed by atoms with Gasteiger partial charge >= 0.3 is 5.30 Å². The van der Waals surface area contributed by atoms with Crippen molar-refractivity contribution >= 4 is 34.0 Å². The molecule has 1 aliphatic rings. The van der Waals surface area contributed by atoms with E-state index in [2.05, 4.69) is 65.6 Å². The highest BCUT2D eigenvalue weighted by Crippen LogP contribution is 2.29. The Balaban J connectivity index is 1.82. The summed E-state index contributed by atoms with van der Waals surface area (Å²) in [5.41, 5.74) is 7.03. The fraction of sp³-hybridized carbons (Fsp3) is 0.286. The Morgan fingerprint density at radius 3 is 2.65 bits per heavy atom. The first-order valence-electron chi connectivity index (χ1n) is 11.5. The number of thioether (sulfide) groups is 1. The summed E-state index contributed by atoms with van der Waals surface area (Å²) in [6.45, 7) is 14.8. The van der Waals surface area contributed by atoms with E-state index in [0.717, 1.165) is 58.6 Å². The summed E-state index contributed by atoms with van der Waals surface area (Å²) >= 11 is 0.944. The SMILES string of the molecule is C=C(Nc1ccc(C)c(C(/C=C/C)=C/C(=C)N2CCCCC2)c1)c1ccnc(SC(=O)OC)c1. The van der Waals surface area contributed by atoms with Gasteiger partial charge in [0.25, 0.3) is 0 Å². The number of rotatable bonds is 8. The maximum atomic E-state index is 11.6. The largest absolute Gasteiger partial charge is 0.461 e. The van der Waals surface area contributed by atoms with Crippen molar-refractivity contribution in [2.75, 3.05) is 25.5 Å². The van der Waals surface area contributed by atoms with Crippen LogP contribution in [0.25, 0.3) is 11.3 Å². The number of benzene rings is 1. The molecule has 1 N–H and O–H groups in total. The Morgan fingerprint density at radius 1 is 1.18 bits per heavy atom. The molecule has 0 saturated carbocycles. The first-order chi connectivity index (χ1) is 16.4. The van der Waals surface area contributed by atoms with Gasteiger partial charge in [0.2, 0.25) is 0 Å². The number of allylic oxidation sites excluding steroid dienone is 4. The minimum atomic E-state index is -0.402. The number of pyridine rings is 1. The molecule has 2 aromatic rings. The lowest BCUT2D eigenvalue weighted by atomic mass is 9.97. The van der Waals surface area contributed by atoms with E-state index in [1.807, 2.05) is 25.1 Å². The van der Waals surface area contributed by atoms with Gasteiger partial charge in [0.1, 0.15) is 5.03 Å². The third kappa shape index (κ3) is 6.87. The van der Waals surface area contributed by atoms with Crippen LogP contribution in [-0.2, 0) is 4.74 Å². The third-order valence-corrected chi connectivity index (χ3v) is 6.48. The molecule has 0 amide bonds. The van der Waals surface area contributed by atoms with Gasteiger partial charge in [0.05, 0.1) is 7.11 Å². The summed E-state index contributed by atoms with van der Waals surface area (Å²) in [5, 5.41) is 3.56. The van der Waals surface area contributed by atoms with Crippen molar-refractivity contribution in [3.05, 3.63) is 90.3 Å². The number of hydrogen-bond donors (Lipinski definition) is 1. The lowest BCUT2D eigenvalue weighted by Gasteiger charge is -2.29. The second-order valence-electron chi connectivity index (χ2n) is 8.21. The van der Waals surface area contributed by atoms with Crippen LogP contribution in [0.15, 0.2) is 78.6 Å². The fourth-order valence-corrected chi connectivity index (χ4v) is 4.44. The van der Waals surface area contributed by atoms with E-state index < -0.39 is 5.30 Å². The van der Waals surface area contributed by atoms with E-state index >= 15 is 0 Å². The number of aryl methyl sites for hydroxylation is 1. The highest BCUT2D eigenvalue weighted by Gasteiger charge is 2.13. The maximum absolute atomic E-state index is 11.6. The molecule has 6 heteroatoms. The number of hydrogen-bond acceptors (Lipinski definition) is 6. The van der Waals surface area contributed by atoms with E-state index in [4.69, 9.17) is 4.74 Å². The highest BCUT2D eigenvalue weighted by molar-refractivity contribution is 8.13. The van der Waals surface area contributed by atoms with Crippen LogP contribution in [0.2, 0.25) is 0 Å². The highest BCUT2D eigenvalue weighted by atomic mass is 32.2. The smallest absolute Gasteiger partial charge is 0.373 e. The number of aromatic nitrogens is 1. The molecule has 5 nitrogen and oxygen atoms in total. The number of methoxy groups -OCH3 is 1. The molecule has 2 heterocycles. The van der Waals surface area contributed by atoms with Gasteiger partial charge in [-0.2, -0.15) is 0 Å². The average molecular weight is 476 g/mol. The van der Waals surface area contributed by atoms with Crippen molar-refractivity contribution in [1.82, 2.24) is 9.88 Å². The van der Waals surface area contributed by atoms with Gasteiger partial charge in [0.15, 0.2) is 0 Å². The summed E-state index contributed by atoms with van der Waals surface area (Å²) in [5.74, 6) is 0. The molecule has 1 aromatic carbocycles. The molecular formula is C28H33N3O2S. The van der Waals surface area contributed by atoms with Crippen LogP contribution in [0, 0.1) is 6.92 Å². The zero-order valence-electron chi connectivity index (χ0n) is 20.3. The molecule has 1 aliphatic heterocycles. The Bertz CT molecular complexity index is 1110. The zero-order valence-corrected chi connectivity index (χ0v) is 21.1. The number of ether oxygens (including phenoxy) is 1.